The number of carbonyl (C=O) groups is 1. The molecule has 1 aliphatic heterocycles. The summed E-state index contributed by atoms with van der Waals surface area (Å²) in [6.07, 6.45) is 5.18. The molecule has 21 heavy (non-hydrogen) atoms. The molecule has 2 heterocycles. The van der Waals surface area contributed by atoms with E-state index in [1.54, 1.807) is 6.26 Å². The van der Waals surface area contributed by atoms with Gasteiger partial charge in [-0.3, -0.25) is 9.69 Å². The van der Waals surface area contributed by atoms with Crippen molar-refractivity contribution in [3.63, 3.8) is 0 Å². The lowest BCUT2D eigenvalue weighted by molar-refractivity contribution is 0.0931. The predicted molar refractivity (Wildman–Crippen MR) is 84.6 cm³/mol. The van der Waals surface area contributed by atoms with E-state index in [1.165, 1.54) is 12.8 Å². The minimum absolute atomic E-state index is 0.166. The summed E-state index contributed by atoms with van der Waals surface area (Å²) in [6, 6.07) is 7.73. The van der Waals surface area contributed by atoms with Crippen molar-refractivity contribution in [1.82, 2.24) is 4.90 Å². The van der Waals surface area contributed by atoms with Gasteiger partial charge in [-0.25, -0.2) is 0 Å². The Kier molecular flexibility index (Phi) is 3.85. The summed E-state index contributed by atoms with van der Waals surface area (Å²) in [5.74, 6) is 0.166. The lowest BCUT2D eigenvalue weighted by Gasteiger charge is -2.22. The highest BCUT2D eigenvalue weighted by atomic mass is 16.3. The zero-order valence-electron chi connectivity index (χ0n) is 12.9. The van der Waals surface area contributed by atoms with Gasteiger partial charge in [0.1, 0.15) is 11.8 Å². The zero-order valence-corrected chi connectivity index (χ0v) is 12.9. The molecule has 0 radical (unpaired) electrons. The SMILES string of the molecule is CC1(C)CCCN(CC(=O)c2coc3ccccc23)CC1. The molecule has 0 bridgehead atoms. The average molecular weight is 285 g/mol. The third-order valence-corrected chi connectivity index (χ3v) is 4.58. The maximum atomic E-state index is 12.6. The topological polar surface area (TPSA) is 33.5 Å². The Hall–Kier alpha value is -1.61. The van der Waals surface area contributed by atoms with Crippen LogP contribution in [0.2, 0.25) is 0 Å². The van der Waals surface area contributed by atoms with Crippen LogP contribution >= 0.6 is 0 Å². The van der Waals surface area contributed by atoms with Crippen molar-refractivity contribution >= 4 is 16.8 Å². The molecule has 0 aliphatic carbocycles. The summed E-state index contributed by atoms with van der Waals surface area (Å²) in [7, 11) is 0. The highest BCUT2D eigenvalue weighted by Crippen LogP contribution is 2.30. The van der Waals surface area contributed by atoms with Crippen LogP contribution in [0.3, 0.4) is 0 Å². The van der Waals surface area contributed by atoms with E-state index < -0.39 is 0 Å². The Morgan fingerprint density at radius 1 is 1.24 bits per heavy atom. The summed E-state index contributed by atoms with van der Waals surface area (Å²) in [5.41, 5.74) is 1.91. The van der Waals surface area contributed by atoms with Gasteiger partial charge in [0, 0.05) is 5.39 Å². The Morgan fingerprint density at radius 3 is 2.90 bits per heavy atom. The van der Waals surface area contributed by atoms with Crippen molar-refractivity contribution in [3.8, 4) is 0 Å². The highest BCUT2D eigenvalue weighted by Gasteiger charge is 2.24. The van der Waals surface area contributed by atoms with Crippen molar-refractivity contribution in [1.29, 1.82) is 0 Å². The van der Waals surface area contributed by atoms with Gasteiger partial charge in [0.2, 0.25) is 0 Å². The van der Waals surface area contributed by atoms with Crippen molar-refractivity contribution in [2.45, 2.75) is 33.1 Å². The number of fused-ring (bicyclic) bond motifs is 1. The summed E-state index contributed by atoms with van der Waals surface area (Å²) in [4.78, 5) is 14.9. The molecule has 1 aromatic carbocycles. The molecule has 0 saturated carbocycles. The molecule has 0 amide bonds. The molecule has 1 fully saturated rings. The van der Waals surface area contributed by atoms with Crippen LogP contribution in [0, 0.1) is 5.41 Å². The van der Waals surface area contributed by atoms with Crippen LogP contribution in [0.1, 0.15) is 43.5 Å². The summed E-state index contributed by atoms with van der Waals surface area (Å²) < 4.78 is 5.48. The second kappa shape index (κ2) is 5.64. The van der Waals surface area contributed by atoms with E-state index in [1.807, 2.05) is 24.3 Å². The number of para-hydroxylation sites is 1. The molecule has 1 aliphatic rings. The molecular weight excluding hydrogens is 262 g/mol. The summed E-state index contributed by atoms with van der Waals surface area (Å²) in [5, 5.41) is 0.928. The first-order valence-electron chi connectivity index (χ1n) is 7.77. The molecule has 1 aromatic heterocycles. The monoisotopic (exact) mass is 285 g/mol. The van der Waals surface area contributed by atoms with Crippen LogP contribution in [0.5, 0.6) is 0 Å². The number of rotatable bonds is 3. The summed E-state index contributed by atoms with van der Waals surface area (Å²) in [6.45, 7) is 7.17. The number of furan rings is 1. The third-order valence-electron chi connectivity index (χ3n) is 4.58. The quantitative estimate of drug-likeness (QED) is 0.795. The molecule has 1 saturated heterocycles. The number of carbonyl (C=O) groups excluding carboxylic acids is 1. The van der Waals surface area contributed by atoms with Crippen LogP contribution in [-0.4, -0.2) is 30.3 Å². The molecule has 3 heteroatoms. The Morgan fingerprint density at radius 2 is 2.05 bits per heavy atom. The van der Waals surface area contributed by atoms with Gasteiger partial charge in [-0.2, -0.15) is 0 Å². The van der Waals surface area contributed by atoms with Crippen molar-refractivity contribution < 1.29 is 9.21 Å². The third kappa shape index (κ3) is 3.18. The average Bonchev–Trinajstić information content (AvgIpc) is 2.81. The Bertz CT molecular complexity index is 641. The van der Waals surface area contributed by atoms with E-state index in [4.69, 9.17) is 4.42 Å². The Labute approximate surface area is 125 Å². The van der Waals surface area contributed by atoms with Crippen molar-refractivity contribution in [3.05, 3.63) is 36.1 Å². The first-order chi connectivity index (χ1) is 10.1. The predicted octanol–water partition coefficient (Wildman–Crippen LogP) is 4.13. The summed E-state index contributed by atoms with van der Waals surface area (Å²) >= 11 is 0. The largest absolute Gasteiger partial charge is 0.464 e. The molecule has 3 rings (SSSR count). The van der Waals surface area contributed by atoms with E-state index in [0.717, 1.165) is 30.5 Å². The Balaban J connectivity index is 1.71. The minimum atomic E-state index is 0.166. The second-order valence-corrected chi connectivity index (χ2v) is 6.86. The van der Waals surface area contributed by atoms with E-state index in [2.05, 4.69) is 18.7 Å². The first kappa shape index (κ1) is 14.3. The lowest BCUT2D eigenvalue weighted by atomic mass is 9.85. The number of ketones is 1. The maximum Gasteiger partial charge on any atom is 0.180 e. The molecule has 0 spiro atoms. The van der Waals surface area contributed by atoms with Gasteiger partial charge in [-0.1, -0.05) is 32.0 Å². The number of benzene rings is 1. The van der Waals surface area contributed by atoms with Gasteiger partial charge in [0.05, 0.1) is 12.1 Å². The van der Waals surface area contributed by atoms with E-state index in [-0.39, 0.29) is 5.78 Å². The van der Waals surface area contributed by atoms with Crippen LogP contribution in [-0.2, 0) is 0 Å². The molecule has 0 N–H and O–H groups in total. The smallest absolute Gasteiger partial charge is 0.180 e. The minimum Gasteiger partial charge on any atom is -0.464 e. The number of likely N-dealkylation sites (tertiary alicyclic amines) is 1. The highest BCUT2D eigenvalue weighted by molar-refractivity contribution is 6.08. The van der Waals surface area contributed by atoms with E-state index >= 15 is 0 Å². The molecule has 3 nitrogen and oxygen atoms in total. The normalized spacial score (nSPS) is 19.5. The molecule has 112 valence electrons. The van der Waals surface area contributed by atoms with Gasteiger partial charge in [-0.05, 0) is 43.8 Å². The van der Waals surface area contributed by atoms with Crippen molar-refractivity contribution in [2.75, 3.05) is 19.6 Å². The standard InChI is InChI=1S/C18H23NO2/c1-18(2)8-5-10-19(11-9-18)12-16(20)15-13-21-17-7-4-3-6-14(15)17/h3-4,6-7,13H,5,8-12H2,1-2H3. The molecule has 0 unspecified atom stereocenters. The van der Waals surface area contributed by atoms with Gasteiger partial charge >= 0.3 is 0 Å². The van der Waals surface area contributed by atoms with Crippen molar-refractivity contribution in [2.24, 2.45) is 5.41 Å². The zero-order chi connectivity index (χ0) is 14.9. The van der Waals surface area contributed by atoms with Crippen LogP contribution in [0.15, 0.2) is 34.9 Å². The number of hydrogen-bond donors (Lipinski definition) is 0. The van der Waals surface area contributed by atoms with Gasteiger partial charge < -0.3 is 4.42 Å². The number of Topliss-reactive ketones (excluding diaryl/α,β-unsaturated/α-hetero) is 1. The van der Waals surface area contributed by atoms with E-state index in [0.29, 0.717) is 17.5 Å². The van der Waals surface area contributed by atoms with Gasteiger partial charge in [0.15, 0.2) is 5.78 Å². The first-order valence-corrected chi connectivity index (χ1v) is 7.77. The number of hydrogen-bond acceptors (Lipinski definition) is 3. The van der Waals surface area contributed by atoms with Crippen LogP contribution < -0.4 is 0 Å². The number of nitrogens with zero attached hydrogens (tertiary/aromatic N) is 1. The molecular formula is C18H23NO2. The molecule has 0 atom stereocenters. The van der Waals surface area contributed by atoms with Crippen LogP contribution in [0.25, 0.3) is 11.0 Å². The second-order valence-electron chi connectivity index (χ2n) is 6.86. The van der Waals surface area contributed by atoms with Gasteiger partial charge in [0.25, 0.3) is 0 Å². The van der Waals surface area contributed by atoms with Crippen LogP contribution in [0.4, 0.5) is 0 Å². The van der Waals surface area contributed by atoms with E-state index in [9.17, 15) is 4.79 Å². The fourth-order valence-corrected chi connectivity index (χ4v) is 3.12. The van der Waals surface area contributed by atoms with Gasteiger partial charge in [-0.15, -0.1) is 0 Å². The molecule has 2 aromatic rings. The lowest BCUT2D eigenvalue weighted by Crippen LogP contribution is -2.31. The fourth-order valence-electron chi connectivity index (χ4n) is 3.12. The fraction of sp³-hybridized carbons (Fsp3) is 0.500. The maximum absolute atomic E-state index is 12.6.